The average Bonchev–Trinajstić information content (AvgIpc) is 2.68. The van der Waals surface area contributed by atoms with Gasteiger partial charge in [-0.15, -0.1) is 0 Å². The van der Waals surface area contributed by atoms with Crippen molar-refractivity contribution in [2.24, 2.45) is 0 Å². The van der Waals surface area contributed by atoms with Crippen molar-refractivity contribution >= 4 is 28.4 Å². The zero-order chi connectivity index (χ0) is 20.5. The van der Waals surface area contributed by atoms with E-state index in [1.165, 1.54) is 0 Å². The Morgan fingerprint density at radius 3 is 2.66 bits per heavy atom. The van der Waals surface area contributed by atoms with Crippen LogP contribution in [0.4, 0.5) is 17.5 Å². The molecule has 29 heavy (non-hydrogen) atoms. The van der Waals surface area contributed by atoms with Gasteiger partial charge in [0.05, 0.1) is 22.8 Å². The summed E-state index contributed by atoms with van der Waals surface area (Å²) in [6.45, 7) is 5.69. The number of hydrogen-bond donors (Lipinski definition) is 3. The normalized spacial score (nSPS) is 10.9. The summed E-state index contributed by atoms with van der Waals surface area (Å²) < 4.78 is 6.14. The molecule has 0 atom stereocenters. The first-order chi connectivity index (χ1) is 13.9. The number of phenols is 1. The Balaban J connectivity index is 1.75. The van der Waals surface area contributed by atoms with Crippen molar-refractivity contribution in [2.45, 2.75) is 20.8 Å². The van der Waals surface area contributed by atoms with E-state index in [-0.39, 0.29) is 5.75 Å². The maximum atomic E-state index is 10.0. The molecule has 2 heterocycles. The summed E-state index contributed by atoms with van der Waals surface area (Å²) in [6.07, 6.45) is 3.47. The van der Waals surface area contributed by atoms with Crippen molar-refractivity contribution in [3.8, 4) is 17.2 Å². The van der Waals surface area contributed by atoms with E-state index >= 15 is 0 Å². The van der Waals surface area contributed by atoms with E-state index in [1.54, 1.807) is 31.5 Å². The van der Waals surface area contributed by atoms with Crippen LogP contribution in [-0.4, -0.2) is 20.1 Å². The first-order valence-corrected chi connectivity index (χ1v) is 9.14. The summed E-state index contributed by atoms with van der Waals surface area (Å²) in [5.41, 5.74) is 10.3. The van der Waals surface area contributed by atoms with Crippen LogP contribution in [0.15, 0.2) is 48.8 Å². The highest BCUT2D eigenvalue weighted by Gasteiger charge is 2.15. The lowest BCUT2D eigenvalue weighted by molar-refractivity contribution is 0.448. The molecule has 0 radical (unpaired) electrons. The van der Waals surface area contributed by atoms with Gasteiger partial charge in [-0.2, -0.15) is 4.98 Å². The lowest BCUT2D eigenvalue weighted by Crippen LogP contribution is -2.03. The summed E-state index contributed by atoms with van der Waals surface area (Å²) >= 11 is 0. The van der Waals surface area contributed by atoms with Gasteiger partial charge in [-0.05, 0) is 56.2 Å². The predicted octanol–water partition coefficient (Wildman–Crippen LogP) is 4.77. The van der Waals surface area contributed by atoms with Gasteiger partial charge >= 0.3 is 0 Å². The van der Waals surface area contributed by atoms with Gasteiger partial charge in [0.25, 0.3) is 0 Å². The van der Waals surface area contributed by atoms with Crippen LogP contribution in [0.3, 0.4) is 0 Å². The first kappa shape index (κ1) is 18.5. The molecule has 0 aliphatic rings. The molecule has 4 aromatic rings. The number of pyridine rings is 1. The van der Waals surface area contributed by atoms with Gasteiger partial charge in [-0.3, -0.25) is 4.98 Å². The average molecular weight is 387 g/mol. The summed E-state index contributed by atoms with van der Waals surface area (Å²) in [4.78, 5) is 13.1. The molecule has 0 saturated heterocycles. The van der Waals surface area contributed by atoms with E-state index in [2.05, 4.69) is 20.3 Å². The SMILES string of the molecule is Cc1cncc(Nc2nc(N)c3c(Oc4c(C)ccc(O)c4C)cccc3n2)c1. The van der Waals surface area contributed by atoms with E-state index in [4.69, 9.17) is 10.5 Å². The standard InChI is InChI=1S/C22H21N5O2/c1-12-9-15(11-24-10-12)25-22-26-16-5-4-6-18(19(16)21(23)27-22)29-20-13(2)7-8-17(28)14(20)3/h4-11,28H,1-3H3,(H3,23,25,26,27). The van der Waals surface area contributed by atoms with Crippen molar-refractivity contribution in [2.75, 3.05) is 11.1 Å². The Labute approximate surface area is 168 Å². The smallest absolute Gasteiger partial charge is 0.229 e. The molecule has 7 nitrogen and oxygen atoms in total. The number of nitrogen functional groups attached to an aromatic ring is 1. The number of aryl methyl sites for hydroxylation is 2. The van der Waals surface area contributed by atoms with Crippen molar-refractivity contribution in [1.82, 2.24) is 15.0 Å². The van der Waals surface area contributed by atoms with E-state index < -0.39 is 0 Å². The number of aromatic hydroxyl groups is 1. The van der Waals surface area contributed by atoms with Gasteiger partial charge in [-0.1, -0.05) is 12.1 Å². The maximum absolute atomic E-state index is 10.0. The van der Waals surface area contributed by atoms with Gasteiger partial charge in [0.2, 0.25) is 5.95 Å². The number of hydrogen-bond acceptors (Lipinski definition) is 7. The molecule has 0 unspecified atom stereocenters. The molecule has 0 fully saturated rings. The van der Waals surface area contributed by atoms with Crippen molar-refractivity contribution in [3.05, 3.63) is 65.5 Å². The molecular formula is C22H21N5O2. The second kappa shape index (κ2) is 7.27. The highest BCUT2D eigenvalue weighted by molar-refractivity contribution is 5.95. The summed E-state index contributed by atoms with van der Waals surface area (Å²) in [5.74, 6) is 1.97. The Hall–Kier alpha value is -3.87. The minimum Gasteiger partial charge on any atom is -0.508 e. The fraction of sp³-hybridized carbons (Fsp3) is 0.136. The quantitative estimate of drug-likeness (QED) is 0.463. The number of nitrogens with zero attached hydrogens (tertiary/aromatic N) is 3. The fourth-order valence-electron chi connectivity index (χ4n) is 3.16. The monoisotopic (exact) mass is 387 g/mol. The molecule has 4 rings (SSSR count). The van der Waals surface area contributed by atoms with Gasteiger partial charge in [-0.25, -0.2) is 4.98 Å². The molecule has 2 aromatic carbocycles. The van der Waals surface area contributed by atoms with E-state index in [0.29, 0.717) is 39.7 Å². The zero-order valence-corrected chi connectivity index (χ0v) is 16.4. The Morgan fingerprint density at radius 1 is 1.03 bits per heavy atom. The molecule has 0 spiro atoms. The third kappa shape index (κ3) is 3.62. The van der Waals surface area contributed by atoms with Crippen LogP contribution < -0.4 is 15.8 Å². The van der Waals surface area contributed by atoms with Crippen molar-refractivity contribution in [3.63, 3.8) is 0 Å². The van der Waals surface area contributed by atoms with Gasteiger partial charge in [0.15, 0.2) is 0 Å². The van der Waals surface area contributed by atoms with E-state index in [0.717, 1.165) is 16.8 Å². The topological polar surface area (TPSA) is 106 Å². The van der Waals surface area contributed by atoms with Gasteiger partial charge in [0.1, 0.15) is 23.1 Å². The van der Waals surface area contributed by atoms with Crippen LogP contribution in [0.2, 0.25) is 0 Å². The first-order valence-electron chi connectivity index (χ1n) is 9.14. The number of rotatable bonds is 4. The Morgan fingerprint density at radius 2 is 1.86 bits per heavy atom. The molecule has 4 N–H and O–H groups in total. The van der Waals surface area contributed by atoms with Crippen LogP contribution in [0.5, 0.6) is 17.2 Å². The van der Waals surface area contributed by atoms with Crippen LogP contribution in [-0.2, 0) is 0 Å². The Kier molecular flexibility index (Phi) is 4.64. The molecule has 0 bridgehead atoms. The van der Waals surface area contributed by atoms with E-state index in [1.807, 2.05) is 38.1 Å². The molecule has 0 aliphatic heterocycles. The van der Waals surface area contributed by atoms with Gasteiger partial charge < -0.3 is 20.9 Å². The summed E-state index contributed by atoms with van der Waals surface area (Å²) in [7, 11) is 0. The lowest BCUT2D eigenvalue weighted by atomic mass is 10.1. The minimum atomic E-state index is 0.174. The van der Waals surface area contributed by atoms with Gasteiger partial charge in [0, 0.05) is 11.8 Å². The zero-order valence-electron chi connectivity index (χ0n) is 16.4. The van der Waals surface area contributed by atoms with Crippen molar-refractivity contribution < 1.29 is 9.84 Å². The molecule has 0 amide bonds. The van der Waals surface area contributed by atoms with Crippen LogP contribution in [0.25, 0.3) is 10.9 Å². The molecule has 0 aliphatic carbocycles. The third-order valence-electron chi connectivity index (χ3n) is 4.63. The summed E-state index contributed by atoms with van der Waals surface area (Å²) in [5, 5.41) is 13.8. The number of phenolic OH excluding ortho intramolecular Hbond substituents is 1. The van der Waals surface area contributed by atoms with Crippen LogP contribution in [0.1, 0.15) is 16.7 Å². The molecule has 0 saturated carbocycles. The van der Waals surface area contributed by atoms with Crippen LogP contribution >= 0.6 is 0 Å². The number of anilines is 3. The molecule has 2 aromatic heterocycles. The number of fused-ring (bicyclic) bond motifs is 1. The maximum Gasteiger partial charge on any atom is 0.229 e. The largest absolute Gasteiger partial charge is 0.508 e. The molecule has 7 heteroatoms. The number of aromatic nitrogens is 3. The third-order valence-corrected chi connectivity index (χ3v) is 4.63. The van der Waals surface area contributed by atoms with Crippen LogP contribution in [0, 0.1) is 20.8 Å². The second-order valence-corrected chi connectivity index (χ2v) is 6.92. The fourth-order valence-corrected chi connectivity index (χ4v) is 3.16. The number of nitrogens with one attached hydrogen (secondary N) is 1. The highest BCUT2D eigenvalue weighted by Crippen LogP contribution is 2.38. The summed E-state index contributed by atoms with van der Waals surface area (Å²) in [6, 6.07) is 10.9. The number of ether oxygens (including phenoxy) is 1. The van der Waals surface area contributed by atoms with E-state index in [9.17, 15) is 5.11 Å². The number of nitrogens with two attached hydrogens (primary N) is 1. The number of benzene rings is 2. The predicted molar refractivity (Wildman–Crippen MR) is 114 cm³/mol. The minimum absolute atomic E-state index is 0.174. The Bertz CT molecular complexity index is 1220. The van der Waals surface area contributed by atoms with Crippen molar-refractivity contribution in [1.29, 1.82) is 0 Å². The lowest BCUT2D eigenvalue weighted by Gasteiger charge is -2.15. The second-order valence-electron chi connectivity index (χ2n) is 6.92. The highest BCUT2D eigenvalue weighted by atomic mass is 16.5. The molecule has 146 valence electrons. The molecular weight excluding hydrogens is 366 g/mol.